The van der Waals surface area contributed by atoms with E-state index in [1.165, 1.54) is 0 Å². The molecule has 1 aromatic rings. The third kappa shape index (κ3) is 2.52. The second-order valence-electron chi connectivity index (χ2n) is 4.03. The largest absolute Gasteiger partial charge is 0.479 e. The average Bonchev–Trinajstić information content (AvgIpc) is 2.29. The van der Waals surface area contributed by atoms with Gasteiger partial charge in [-0.2, -0.15) is 0 Å². The van der Waals surface area contributed by atoms with Crippen molar-refractivity contribution in [3.05, 3.63) is 28.0 Å². The third-order valence-corrected chi connectivity index (χ3v) is 3.11. The van der Waals surface area contributed by atoms with Crippen LogP contribution in [0.2, 0.25) is 5.02 Å². The normalized spacial score (nSPS) is 14.2. The van der Waals surface area contributed by atoms with Crippen LogP contribution in [-0.4, -0.2) is 17.7 Å². The first-order chi connectivity index (χ1) is 8.09. The van der Waals surface area contributed by atoms with Crippen LogP contribution in [0.1, 0.15) is 24.0 Å². The summed E-state index contributed by atoms with van der Waals surface area (Å²) < 4.78 is 18.8. The Morgan fingerprint density at radius 3 is 2.88 bits per heavy atom. The number of rotatable bonds is 3. The quantitative estimate of drug-likeness (QED) is 0.907. The number of benzene rings is 1. The van der Waals surface area contributed by atoms with Gasteiger partial charge in [0.25, 0.3) is 0 Å². The summed E-state index contributed by atoms with van der Waals surface area (Å²) in [6, 6.07) is 1.61. The monoisotopic (exact) mass is 258 g/mol. The number of carbonyl (C=O) groups is 1. The zero-order valence-electron chi connectivity index (χ0n) is 9.13. The Hall–Kier alpha value is -1.29. The first-order valence-electron chi connectivity index (χ1n) is 5.44. The highest BCUT2D eigenvalue weighted by atomic mass is 35.5. The van der Waals surface area contributed by atoms with Crippen LogP contribution < -0.4 is 4.74 Å². The molecular weight excluding hydrogens is 247 g/mol. The van der Waals surface area contributed by atoms with Gasteiger partial charge in [-0.15, -0.1) is 0 Å². The van der Waals surface area contributed by atoms with Gasteiger partial charge < -0.3 is 9.84 Å². The third-order valence-electron chi connectivity index (χ3n) is 2.83. The molecule has 0 atom stereocenters. The van der Waals surface area contributed by atoms with Crippen molar-refractivity contribution < 1.29 is 19.0 Å². The van der Waals surface area contributed by atoms with Gasteiger partial charge in [-0.05, 0) is 37.3 Å². The first kappa shape index (κ1) is 12.2. The van der Waals surface area contributed by atoms with Crippen LogP contribution in [0.3, 0.4) is 0 Å². The van der Waals surface area contributed by atoms with E-state index >= 15 is 0 Å². The maximum absolute atomic E-state index is 13.8. The van der Waals surface area contributed by atoms with Gasteiger partial charge in [0.2, 0.25) is 0 Å². The maximum atomic E-state index is 13.8. The van der Waals surface area contributed by atoms with Crippen LogP contribution in [0.5, 0.6) is 5.75 Å². The van der Waals surface area contributed by atoms with Gasteiger partial charge >= 0.3 is 5.97 Å². The Bertz CT molecular complexity index is 460. The molecule has 0 radical (unpaired) electrons. The van der Waals surface area contributed by atoms with Crippen LogP contribution in [0.4, 0.5) is 4.39 Å². The van der Waals surface area contributed by atoms with Gasteiger partial charge in [-0.3, -0.25) is 0 Å². The van der Waals surface area contributed by atoms with Crippen LogP contribution in [-0.2, 0) is 17.6 Å². The molecule has 0 bridgehead atoms. The number of halogens is 2. The molecule has 0 amide bonds. The number of carboxylic acids is 1. The minimum Gasteiger partial charge on any atom is -0.479 e. The van der Waals surface area contributed by atoms with Gasteiger partial charge in [0.1, 0.15) is 0 Å². The van der Waals surface area contributed by atoms with Crippen molar-refractivity contribution in [2.45, 2.75) is 25.7 Å². The van der Waals surface area contributed by atoms with Gasteiger partial charge in [0, 0.05) is 5.56 Å². The number of hydrogen-bond acceptors (Lipinski definition) is 2. The standard InChI is InChI=1S/C12H12ClFO3/c13-9-5-7-3-1-2-4-8(7)12(11(9)14)17-6-10(15)16/h5H,1-4,6H2,(H,15,16). The van der Waals surface area contributed by atoms with Crippen LogP contribution in [0, 0.1) is 5.82 Å². The van der Waals surface area contributed by atoms with Crippen molar-refractivity contribution in [2.75, 3.05) is 6.61 Å². The Labute approximate surface area is 103 Å². The van der Waals surface area contributed by atoms with E-state index in [9.17, 15) is 9.18 Å². The zero-order valence-corrected chi connectivity index (χ0v) is 9.89. The van der Waals surface area contributed by atoms with Gasteiger partial charge in [0.05, 0.1) is 5.02 Å². The fourth-order valence-electron chi connectivity index (χ4n) is 2.09. The fraction of sp³-hybridized carbons (Fsp3) is 0.417. The molecule has 3 nitrogen and oxygen atoms in total. The molecule has 0 saturated heterocycles. The zero-order chi connectivity index (χ0) is 12.4. The van der Waals surface area contributed by atoms with Gasteiger partial charge in [-0.25, -0.2) is 9.18 Å². The molecule has 17 heavy (non-hydrogen) atoms. The molecule has 0 saturated carbocycles. The van der Waals surface area contributed by atoms with E-state index in [0.29, 0.717) is 6.42 Å². The predicted molar refractivity (Wildman–Crippen MR) is 61.2 cm³/mol. The minimum absolute atomic E-state index is 0.00830. The number of ether oxygens (including phenoxy) is 1. The first-order valence-corrected chi connectivity index (χ1v) is 5.81. The molecule has 92 valence electrons. The van der Waals surface area contributed by atoms with E-state index in [4.69, 9.17) is 21.4 Å². The fourth-order valence-corrected chi connectivity index (χ4v) is 2.31. The summed E-state index contributed by atoms with van der Waals surface area (Å²) in [5.41, 5.74) is 1.72. The molecule has 0 fully saturated rings. The topological polar surface area (TPSA) is 46.5 Å². The van der Waals surface area contributed by atoms with Crippen molar-refractivity contribution in [3.8, 4) is 5.75 Å². The van der Waals surface area contributed by atoms with Gasteiger partial charge in [0.15, 0.2) is 18.2 Å². The summed E-state index contributed by atoms with van der Waals surface area (Å²) in [5.74, 6) is -1.78. The molecular formula is C12H12ClFO3. The number of aryl methyl sites for hydroxylation is 1. The van der Waals surface area contributed by atoms with E-state index in [0.717, 1.165) is 30.4 Å². The Morgan fingerprint density at radius 2 is 2.18 bits per heavy atom. The van der Waals surface area contributed by atoms with Crippen LogP contribution in [0.15, 0.2) is 6.07 Å². The highest BCUT2D eigenvalue weighted by Gasteiger charge is 2.21. The summed E-state index contributed by atoms with van der Waals surface area (Å²) >= 11 is 5.76. The van der Waals surface area contributed by atoms with Crippen molar-refractivity contribution in [3.63, 3.8) is 0 Å². The average molecular weight is 259 g/mol. The van der Waals surface area contributed by atoms with Crippen molar-refractivity contribution in [2.24, 2.45) is 0 Å². The maximum Gasteiger partial charge on any atom is 0.341 e. The second-order valence-corrected chi connectivity index (χ2v) is 4.44. The minimum atomic E-state index is -1.13. The molecule has 0 unspecified atom stereocenters. The Kier molecular flexibility index (Phi) is 3.52. The van der Waals surface area contributed by atoms with Crippen molar-refractivity contribution in [1.29, 1.82) is 0 Å². The van der Waals surface area contributed by atoms with Crippen LogP contribution in [0.25, 0.3) is 0 Å². The van der Waals surface area contributed by atoms with Crippen LogP contribution >= 0.6 is 11.6 Å². The molecule has 0 heterocycles. The smallest absolute Gasteiger partial charge is 0.341 e. The molecule has 2 rings (SSSR count). The summed E-state index contributed by atoms with van der Waals surface area (Å²) in [5, 5.41) is 8.55. The summed E-state index contributed by atoms with van der Waals surface area (Å²) in [6.07, 6.45) is 3.53. The Balaban J connectivity index is 2.39. The van der Waals surface area contributed by atoms with E-state index in [-0.39, 0.29) is 10.8 Å². The lowest BCUT2D eigenvalue weighted by Crippen LogP contribution is -2.14. The molecule has 0 aromatic heterocycles. The van der Waals surface area contributed by atoms with Gasteiger partial charge in [-0.1, -0.05) is 11.6 Å². The number of carboxylic acid groups (broad SMARTS) is 1. The second kappa shape index (κ2) is 4.92. The molecule has 0 spiro atoms. The number of aliphatic carboxylic acids is 1. The highest BCUT2D eigenvalue weighted by Crippen LogP contribution is 2.36. The summed E-state index contributed by atoms with van der Waals surface area (Å²) in [4.78, 5) is 10.5. The molecule has 0 aliphatic heterocycles. The van der Waals surface area contributed by atoms with E-state index in [1.807, 2.05) is 0 Å². The summed E-state index contributed by atoms with van der Waals surface area (Å²) in [6.45, 7) is -0.552. The highest BCUT2D eigenvalue weighted by molar-refractivity contribution is 6.31. The van der Waals surface area contributed by atoms with E-state index in [1.54, 1.807) is 6.07 Å². The van der Waals surface area contributed by atoms with Crippen molar-refractivity contribution >= 4 is 17.6 Å². The molecule has 1 aliphatic rings. The Morgan fingerprint density at radius 1 is 1.47 bits per heavy atom. The lowest BCUT2D eigenvalue weighted by molar-refractivity contribution is -0.139. The molecule has 1 aliphatic carbocycles. The molecule has 1 N–H and O–H groups in total. The predicted octanol–water partition coefficient (Wildman–Crippen LogP) is 2.82. The van der Waals surface area contributed by atoms with E-state index < -0.39 is 18.4 Å². The SMILES string of the molecule is O=C(O)COc1c(F)c(Cl)cc2c1CCCC2. The number of hydrogen-bond donors (Lipinski definition) is 1. The summed E-state index contributed by atoms with van der Waals surface area (Å²) in [7, 11) is 0. The number of fused-ring (bicyclic) bond motifs is 1. The molecule has 5 heteroatoms. The van der Waals surface area contributed by atoms with E-state index in [2.05, 4.69) is 0 Å². The lowest BCUT2D eigenvalue weighted by atomic mass is 9.91. The molecule has 1 aromatic carbocycles. The lowest BCUT2D eigenvalue weighted by Gasteiger charge is -2.20. The van der Waals surface area contributed by atoms with Crippen molar-refractivity contribution in [1.82, 2.24) is 0 Å².